The van der Waals surface area contributed by atoms with Crippen LogP contribution in [0.2, 0.25) is 0 Å². The standard InChI is InChI=1S/C24H23F3N2O/c25-17-5-3-15(4-6-17)23-22(19-10-18(26)11-20(27)24(19)29-23)16-7-14(8-16)12-28-21(30)9-13-1-2-13/h3-6,10-11,13-14,16,29H,1-2,7-9,12H2,(H,28,30)/t14-,16-. The van der Waals surface area contributed by atoms with Crippen LogP contribution >= 0.6 is 0 Å². The third-order valence-corrected chi connectivity index (χ3v) is 6.40. The lowest BCUT2D eigenvalue weighted by molar-refractivity contribution is -0.121. The van der Waals surface area contributed by atoms with Crippen molar-refractivity contribution in [1.82, 2.24) is 10.3 Å². The van der Waals surface area contributed by atoms with Crippen molar-refractivity contribution < 1.29 is 18.0 Å². The van der Waals surface area contributed by atoms with E-state index in [1.54, 1.807) is 12.1 Å². The molecule has 5 rings (SSSR count). The highest BCUT2D eigenvalue weighted by atomic mass is 19.1. The molecule has 0 radical (unpaired) electrons. The third-order valence-electron chi connectivity index (χ3n) is 6.40. The second kappa shape index (κ2) is 7.49. The Bertz CT molecular complexity index is 1100. The summed E-state index contributed by atoms with van der Waals surface area (Å²) in [5, 5.41) is 3.56. The van der Waals surface area contributed by atoms with Crippen molar-refractivity contribution in [3.8, 4) is 11.3 Å². The van der Waals surface area contributed by atoms with Crippen LogP contribution in [0.1, 0.15) is 43.6 Å². The van der Waals surface area contributed by atoms with Crippen LogP contribution in [0, 0.1) is 29.3 Å². The van der Waals surface area contributed by atoms with Gasteiger partial charge in [0, 0.05) is 24.4 Å². The summed E-state index contributed by atoms with van der Waals surface area (Å²) >= 11 is 0. The van der Waals surface area contributed by atoms with E-state index in [-0.39, 0.29) is 23.2 Å². The lowest BCUT2D eigenvalue weighted by atomic mass is 9.70. The molecule has 2 aliphatic carbocycles. The molecule has 30 heavy (non-hydrogen) atoms. The number of benzene rings is 2. The smallest absolute Gasteiger partial charge is 0.220 e. The number of hydrogen-bond acceptors (Lipinski definition) is 1. The van der Waals surface area contributed by atoms with Crippen molar-refractivity contribution in [3.05, 3.63) is 59.4 Å². The fraction of sp³-hybridized carbons (Fsp3) is 0.375. The monoisotopic (exact) mass is 412 g/mol. The maximum absolute atomic E-state index is 14.4. The summed E-state index contributed by atoms with van der Waals surface area (Å²) in [6.45, 7) is 0.638. The molecule has 0 bridgehead atoms. The second-order valence-electron chi connectivity index (χ2n) is 8.72. The normalized spacial score (nSPS) is 20.9. The number of aromatic amines is 1. The molecule has 0 unspecified atom stereocenters. The van der Waals surface area contributed by atoms with Crippen molar-refractivity contribution in [2.24, 2.45) is 11.8 Å². The minimum atomic E-state index is -0.636. The predicted molar refractivity (Wildman–Crippen MR) is 109 cm³/mol. The van der Waals surface area contributed by atoms with Crippen molar-refractivity contribution >= 4 is 16.8 Å². The zero-order chi connectivity index (χ0) is 20.8. The Balaban J connectivity index is 1.39. The van der Waals surface area contributed by atoms with Crippen molar-refractivity contribution in [2.75, 3.05) is 6.54 Å². The first-order valence-corrected chi connectivity index (χ1v) is 10.5. The molecule has 6 heteroatoms. The van der Waals surface area contributed by atoms with Gasteiger partial charge in [-0.3, -0.25) is 4.79 Å². The average molecular weight is 412 g/mol. The molecule has 0 spiro atoms. The predicted octanol–water partition coefficient (Wildman–Crippen LogP) is 5.66. The molecule has 2 aromatic carbocycles. The van der Waals surface area contributed by atoms with Gasteiger partial charge in [0.2, 0.25) is 5.91 Å². The van der Waals surface area contributed by atoms with E-state index in [2.05, 4.69) is 10.3 Å². The number of hydrogen-bond donors (Lipinski definition) is 2. The average Bonchev–Trinajstić information content (AvgIpc) is 3.40. The van der Waals surface area contributed by atoms with E-state index in [1.165, 1.54) is 18.2 Å². The van der Waals surface area contributed by atoms with E-state index < -0.39 is 11.6 Å². The fourth-order valence-corrected chi connectivity index (χ4v) is 4.56. The molecule has 0 aliphatic heterocycles. The molecule has 0 atom stereocenters. The maximum Gasteiger partial charge on any atom is 0.220 e. The molecule has 1 heterocycles. The van der Waals surface area contributed by atoms with Crippen molar-refractivity contribution in [1.29, 1.82) is 0 Å². The van der Waals surface area contributed by atoms with Crippen LogP contribution in [-0.2, 0) is 4.79 Å². The van der Waals surface area contributed by atoms with E-state index in [1.807, 2.05) is 0 Å². The number of amides is 1. The Morgan fingerprint density at radius 3 is 2.43 bits per heavy atom. The van der Waals surface area contributed by atoms with E-state index in [0.29, 0.717) is 35.9 Å². The van der Waals surface area contributed by atoms with Crippen LogP contribution in [0.25, 0.3) is 22.2 Å². The first-order valence-electron chi connectivity index (χ1n) is 10.5. The van der Waals surface area contributed by atoms with Crippen LogP contribution in [0.5, 0.6) is 0 Å². The fourth-order valence-electron chi connectivity index (χ4n) is 4.56. The van der Waals surface area contributed by atoms with Gasteiger partial charge in [0.25, 0.3) is 0 Å². The highest BCUT2D eigenvalue weighted by molar-refractivity contribution is 5.92. The molecule has 3 nitrogen and oxygen atoms in total. The number of fused-ring (bicyclic) bond motifs is 1. The maximum atomic E-state index is 14.4. The molecular formula is C24H23F3N2O. The van der Waals surface area contributed by atoms with Crippen LogP contribution in [0.15, 0.2) is 36.4 Å². The lowest BCUT2D eigenvalue weighted by Gasteiger charge is -2.36. The summed E-state index contributed by atoms with van der Waals surface area (Å²) < 4.78 is 41.8. The minimum Gasteiger partial charge on any atom is -0.356 e. The highest BCUT2D eigenvalue weighted by Gasteiger charge is 2.35. The van der Waals surface area contributed by atoms with Gasteiger partial charge < -0.3 is 10.3 Å². The van der Waals surface area contributed by atoms with Gasteiger partial charge in [-0.05, 0) is 84.9 Å². The van der Waals surface area contributed by atoms with Gasteiger partial charge in [-0.1, -0.05) is 0 Å². The lowest BCUT2D eigenvalue weighted by Crippen LogP contribution is -2.35. The van der Waals surface area contributed by atoms with Gasteiger partial charge >= 0.3 is 0 Å². The Morgan fingerprint density at radius 1 is 1.00 bits per heavy atom. The van der Waals surface area contributed by atoms with Crippen LogP contribution in [0.4, 0.5) is 13.2 Å². The summed E-state index contributed by atoms with van der Waals surface area (Å²) in [6, 6.07) is 8.25. The molecule has 1 amide bonds. The van der Waals surface area contributed by atoms with Gasteiger partial charge in [0.05, 0.1) is 11.2 Å². The number of carbonyl (C=O) groups excluding carboxylic acids is 1. The molecule has 2 aliphatic rings. The summed E-state index contributed by atoms with van der Waals surface area (Å²) in [7, 11) is 0. The van der Waals surface area contributed by atoms with Gasteiger partial charge in [0.15, 0.2) is 0 Å². The molecule has 0 saturated heterocycles. The first kappa shape index (κ1) is 19.2. The van der Waals surface area contributed by atoms with Crippen LogP contribution < -0.4 is 5.32 Å². The van der Waals surface area contributed by atoms with Crippen LogP contribution in [0.3, 0.4) is 0 Å². The number of carbonyl (C=O) groups is 1. The summed E-state index contributed by atoms with van der Waals surface area (Å²) in [5.74, 6) is -0.443. The number of halogens is 3. The summed E-state index contributed by atoms with van der Waals surface area (Å²) in [4.78, 5) is 15.0. The quantitative estimate of drug-likeness (QED) is 0.539. The molecule has 2 fully saturated rings. The van der Waals surface area contributed by atoms with Gasteiger partial charge in [0.1, 0.15) is 17.5 Å². The number of rotatable bonds is 6. The summed E-state index contributed by atoms with van der Waals surface area (Å²) in [5.41, 5.74) is 2.58. The highest BCUT2D eigenvalue weighted by Crippen LogP contribution is 2.48. The number of nitrogens with one attached hydrogen (secondary N) is 2. The number of H-pyrrole nitrogens is 1. The molecule has 1 aromatic heterocycles. The largest absolute Gasteiger partial charge is 0.356 e. The topological polar surface area (TPSA) is 44.9 Å². The minimum absolute atomic E-state index is 0.115. The Labute approximate surface area is 172 Å². The SMILES string of the molecule is O=C(CC1CC1)NC[C@H]1C[C@H](c2c(-c3ccc(F)cc3)[nH]c3c(F)cc(F)cc32)C1. The number of aromatic nitrogens is 1. The zero-order valence-corrected chi connectivity index (χ0v) is 16.5. The van der Waals surface area contributed by atoms with E-state index in [0.717, 1.165) is 42.9 Å². The molecule has 2 saturated carbocycles. The first-order chi connectivity index (χ1) is 14.5. The third kappa shape index (κ3) is 3.71. The van der Waals surface area contributed by atoms with Crippen molar-refractivity contribution in [3.63, 3.8) is 0 Å². The Hall–Kier alpha value is -2.76. The van der Waals surface area contributed by atoms with E-state index in [4.69, 9.17) is 0 Å². The van der Waals surface area contributed by atoms with E-state index in [9.17, 15) is 18.0 Å². The van der Waals surface area contributed by atoms with Crippen LogP contribution in [-0.4, -0.2) is 17.4 Å². The molecule has 156 valence electrons. The second-order valence-corrected chi connectivity index (χ2v) is 8.72. The van der Waals surface area contributed by atoms with E-state index >= 15 is 0 Å². The summed E-state index contributed by atoms with van der Waals surface area (Å²) in [6.07, 6.45) is 4.59. The van der Waals surface area contributed by atoms with Gasteiger partial charge in [-0.2, -0.15) is 0 Å². The zero-order valence-electron chi connectivity index (χ0n) is 16.5. The molecular weight excluding hydrogens is 389 g/mol. The van der Waals surface area contributed by atoms with Gasteiger partial charge in [-0.25, -0.2) is 13.2 Å². The Kier molecular flexibility index (Phi) is 4.80. The van der Waals surface area contributed by atoms with Crippen molar-refractivity contribution in [2.45, 2.75) is 38.0 Å². The molecule has 3 aromatic rings. The van der Waals surface area contributed by atoms with Gasteiger partial charge in [-0.15, -0.1) is 0 Å². The Morgan fingerprint density at radius 2 is 1.73 bits per heavy atom. The molecule has 2 N–H and O–H groups in total.